The van der Waals surface area contributed by atoms with E-state index in [1.807, 2.05) is 11.8 Å². The SMILES string of the molecule is CCC(=O)N1CC[C@H](N[C@@H]2CCC[C@@H](C(F)(F)F)C2)C1. The molecule has 0 spiro atoms. The van der Waals surface area contributed by atoms with Gasteiger partial charge in [-0.2, -0.15) is 13.2 Å². The van der Waals surface area contributed by atoms with E-state index in [1.54, 1.807) is 0 Å². The number of likely N-dealkylation sites (tertiary alicyclic amines) is 1. The highest BCUT2D eigenvalue weighted by atomic mass is 19.4. The summed E-state index contributed by atoms with van der Waals surface area (Å²) in [6, 6.07) is 0.0968. The van der Waals surface area contributed by atoms with Gasteiger partial charge in [0.15, 0.2) is 0 Å². The number of nitrogens with one attached hydrogen (secondary N) is 1. The molecule has 0 unspecified atom stereocenters. The average molecular weight is 292 g/mol. The fourth-order valence-electron chi connectivity index (χ4n) is 3.32. The summed E-state index contributed by atoms with van der Waals surface area (Å²) in [6.45, 7) is 3.19. The van der Waals surface area contributed by atoms with Crippen LogP contribution in [0.15, 0.2) is 0 Å². The predicted molar refractivity (Wildman–Crippen MR) is 70.2 cm³/mol. The second-order valence-corrected chi connectivity index (χ2v) is 5.95. The summed E-state index contributed by atoms with van der Waals surface area (Å²) < 4.78 is 38.3. The Bertz CT molecular complexity index is 346. The minimum Gasteiger partial charge on any atom is -0.341 e. The number of rotatable bonds is 3. The zero-order chi connectivity index (χ0) is 14.8. The van der Waals surface area contributed by atoms with E-state index >= 15 is 0 Å². The molecule has 2 fully saturated rings. The summed E-state index contributed by atoms with van der Waals surface area (Å²) in [4.78, 5) is 13.4. The number of carbonyl (C=O) groups is 1. The maximum Gasteiger partial charge on any atom is 0.391 e. The van der Waals surface area contributed by atoms with E-state index in [0.29, 0.717) is 19.4 Å². The molecule has 3 nitrogen and oxygen atoms in total. The van der Waals surface area contributed by atoms with Gasteiger partial charge in [-0.3, -0.25) is 4.79 Å². The first-order valence-electron chi connectivity index (χ1n) is 7.50. The molecule has 0 aromatic carbocycles. The molecule has 1 heterocycles. The zero-order valence-electron chi connectivity index (χ0n) is 11.9. The highest BCUT2D eigenvalue weighted by molar-refractivity contribution is 5.76. The van der Waals surface area contributed by atoms with Crippen molar-refractivity contribution in [3.8, 4) is 0 Å². The van der Waals surface area contributed by atoms with Gasteiger partial charge in [0.25, 0.3) is 0 Å². The molecule has 0 aromatic rings. The molecule has 3 atom stereocenters. The van der Waals surface area contributed by atoms with Gasteiger partial charge in [0.2, 0.25) is 5.91 Å². The Morgan fingerprint density at radius 2 is 2.00 bits per heavy atom. The Hall–Kier alpha value is -0.780. The van der Waals surface area contributed by atoms with Gasteiger partial charge in [-0.15, -0.1) is 0 Å². The third kappa shape index (κ3) is 3.87. The highest BCUT2D eigenvalue weighted by Gasteiger charge is 2.42. The topological polar surface area (TPSA) is 32.3 Å². The number of halogens is 3. The van der Waals surface area contributed by atoms with Crippen LogP contribution in [0.5, 0.6) is 0 Å². The molecule has 1 aliphatic heterocycles. The van der Waals surface area contributed by atoms with Crippen molar-refractivity contribution in [3.63, 3.8) is 0 Å². The number of nitrogens with zero attached hydrogens (tertiary/aromatic N) is 1. The monoisotopic (exact) mass is 292 g/mol. The van der Waals surface area contributed by atoms with Gasteiger partial charge in [-0.1, -0.05) is 13.3 Å². The lowest BCUT2D eigenvalue weighted by Crippen LogP contribution is -2.45. The van der Waals surface area contributed by atoms with Gasteiger partial charge in [-0.05, 0) is 25.7 Å². The van der Waals surface area contributed by atoms with Crippen LogP contribution in [0.25, 0.3) is 0 Å². The van der Waals surface area contributed by atoms with Crippen LogP contribution in [-0.4, -0.2) is 42.2 Å². The molecule has 20 heavy (non-hydrogen) atoms. The Morgan fingerprint density at radius 1 is 1.25 bits per heavy atom. The molecule has 6 heteroatoms. The van der Waals surface area contributed by atoms with Gasteiger partial charge in [-0.25, -0.2) is 0 Å². The predicted octanol–water partition coefficient (Wildman–Crippen LogP) is 2.71. The summed E-state index contributed by atoms with van der Waals surface area (Å²) in [6.07, 6.45) is -0.850. The number of hydrogen-bond acceptors (Lipinski definition) is 2. The first-order chi connectivity index (χ1) is 9.40. The Labute approximate surface area is 117 Å². The van der Waals surface area contributed by atoms with Crippen molar-refractivity contribution in [1.82, 2.24) is 10.2 Å². The van der Waals surface area contributed by atoms with Crippen LogP contribution in [0.4, 0.5) is 13.2 Å². The Morgan fingerprint density at radius 3 is 2.65 bits per heavy atom. The molecule has 0 bridgehead atoms. The summed E-state index contributed by atoms with van der Waals surface area (Å²) in [7, 11) is 0. The summed E-state index contributed by atoms with van der Waals surface area (Å²) in [5.74, 6) is -1.03. The summed E-state index contributed by atoms with van der Waals surface area (Å²) in [5.41, 5.74) is 0. The molecule has 0 radical (unpaired) electrons. The minimum atomic E-state index is -4.07. The van der Waals surface area contributed by atoms with Gasteiger partial charge in [0.1, 0.15) is 0 Å². The minimum absolute atomic E-state index is 0.0583. The second-order valence-electron chi connectivity index (χ2n) is 5.95. The van der Waals surface area contributed by atoms with E-state index < -0.39 is 12.1 Å². The number of carbonyl (C=O) groups excluding carboxylic acids is 1. The van der Waals surface area contributed by atoms with Crippen LogP contribution in [0.3, 0.4) is 0 Å². The molecule has 1 N–H and O–H groups in total. The van der Waals surface area contributed by atoms with Crippen LogP contribution >= 0.6 is 0 Å². The Balaban J connectivity index is 1.81. The van der Waals surface area contributed by atoms with Crippen LogP contribution in [-0.2, 0) is 4.79 Å². The molecule has 1 amide bonds. The standard InChI is InChI=1S/C14H23F3N2O/c1-2-13(20)19-7-6-12(9-19)18-11-5-3-4-10(8-11)14(15,16)17/h10-12,18H,2-9H2,1H3/t10-,11-,12+/m1/s1. The second kappa shape index (κ2) is 6.33. The maximum absolute atomic E-state index is 12.8. The van der Waals surface area contributed by atoms with Crippen molar-refractivity contribution in [1.29, 1.82) is 0 Å². The number of alkyl halides is 3. The summed E-state index contributed by atoms with van der Waals surface area (Å²) >= 11 is 0. The van der Waals surface area contributed by atoms with E-state index in [-0.39, 0.29) is 30.8 Å². The first-order valence-corrected chi connectivity index (χ1v) is 7.50. The molecular formula is C14H23F3N2O. The van der Waals surface area contributed by atoms with Crippen LogP contribution in [0.1, 0.15) is 45.4 Å². The lowest BCUT2D eigenvalue weighted by molar-refractivity contribution is -0.183. The summed E-state index contributed by atoms with van der Waals surface area (Å²) in [5, 5.41) is 3.33. The molecule has 116 valence electrons. The normalized spacial score (nSPS) is 31.6. The molecule has 0 aromatic heterocycles. The van der Waals surface area contributed by atoms with Gasteiger partial charge >= 0.3 is 6.18 Å². The average Bonchev–Trinajstić information content (AvgIpc) is 2.85. The molecule has 1 aliphatic carbocycles. The van der Waals surface area contributed by atoms with Crippen molar-refractivity contribution in [2.75, 3.05) is 13.1 Å². The molecule has 1 saturated carbocycles. The largest absolute Gasteiger partial charge is 0.391 e. The smallest absolute Gasteiger partial charge is 0.341 e. The van der Waals surface area contributed by atoms with Crippen molar-refractivity contribution in [2.24, 2.45) is 5.92 Å². The van der Waals surface area contributed by atoms with Crippen molar-refractivity contribution >= 4 is 5.91 Å². The maximum atomic E-state index is 12.8. The van der Waals surface area contributed by atoms with Crippen molar-refractivity contribution in [3.05, 3.63) is 0 Å². The van der Waals surface area contributed by atoms with E-state index in [0.717, 1.165) is 19.4 Å². The van der Waals surface area contributed by atoms with Crippen molar-refractivity contribution in [2.45, 2.75) is 63.7 Å². The lowest BCUT2D eigenvalue weighted by Gasteiger charge is -2.32. The first kappa shape index (κ1) is 15.6. The van der Waals surface area contributed by atoms with Crippen LogP contribution in [0.2, 0.25) is 0 Å². The quantitative estimate of drug-likeness (QED) is 0.867. The van der Waals surface area contributed by atoms with Gasteiger partial charge < -0.3 is 10.2 Å². The van der Waals surface area contributed by atoms with E-state index in [1.165, 1.54) is 0 Å². The van der Waals surface area contributed by atoms with Gasteiger partial charge in [0.05, 0.1) is 5.92 Å². The van der Waals surface area contributed by atoms with E-state index in [4.69, 9.17) is 0 Å². The number of hydrogen-bond donors (Lipinski definition) is 1. The lowest BCUT2D eigenvalue weighted by atomic mass is 9.85. The molecular weight excluding hydrogens is 269 g/mol. The molecule has 2 aliphatic rings. The highest BCUT2D eigenvalue weighted by Crippen LogP contribution is 2.37. The van der Waals surface area contributed by atoms with Gasteiger partial charge in [0, 0.05) is 31.6 Å². The third-order valence-corrected chi connectivity index (χ3v) is 4.45. The zero-order valence-corrected chi connectivity index (χ0v) is 11.9. The van der Waals surface area contributed by atoms with Crippen LogP contribution in [0, 0.1) is 5.92 Å². The fourth-order valence-corrected chi connectivity index (χ4v) is 3.32. The molecule has 2 rings (SSSR count). The number of amides is 1. The fraction of sp³-hybridized carbons (Fsp3) is 0.929. The van der Waals surface area contributed by atoms with Crippen molar-refractivity contribution < 1.29 is 18.0 Å². The van der Waals surface area contributed by atoms with Crippen LogP contribution < -0.4 is 5.32 Å². The van der Waals surface area contributed by atoms with E-state index in [9.17, 15) is 18.0 Å². The molecule has 1 saturated heterocycles. The Kier molecular flexibility index (Phi) is 4.94. The third-order valence-electron chi connectivity index (χ3n) is 4.45. The van der Waals surface area contributed by atoms with E-state index in [2.05, 4.69) is 5.32 Å².